The zero-order valence-corrected chi connectivity index (χ0v) is 37.8. The molecule has 0 radical (unpaired) electrons. The molecule has 320 valence electrons. The Morgan fingerprint density at radius 2 is 0.667 bits per heavy atom. The van der Waals surface area contributed by atoms with E-state index in [1.165, 1.54) is 120 Å². The van der Waals surface area contributed by atoms with Crippen LogP contribution in [0.1, 0.15) is 0 Å². The maximum absolute atomic E-state index is 2.49. The highest BCUT2D eigenvalue weighted by Gasteiger charge is 2.24. The average Bonchev–Trinajstić information content (AvgIpc) is 3.43. The van der Waals surface area contributed by atoms with Crippen LogP contribution in [0.3, 0.4) is 0 Å². The smallest absolute Gasteiger partial charge is 0.0540 e. The van der Waals surface area contributed by atoms with E-state index < -0.39 is 0 Å². The molecule has 0 fully saturated rings. The Balaban J connectivity index is 1.10. The van der Waals surface area contributed by atoms with E-state index in [0.717, 1.165) is 17.1 Å². The highest BCUT2D eigenvalue weighted by Crippen LogP contribution is 2.51. The number of anilines is 3. The molecule has 0 N–H and O–H groups in total. The van der Waals surface area contributed by atoms with Crippen LogP contribution >= 0.6 is 0 Å². The van der Waals surface area contributed by atoms with Gasteiger partial charge >= 0.3 is 0 Å². The average molecular weight is 874 g/mol. The van der Waals surface area contributed by atoms with Crippen molar-refractivity contribution < 1.29 is 0 Å². The first-order valence-electron chi connectivity index (χ1n) is 23.9. The number of rotatable bonds is 7. The molecule has 0 saturated heterocycles. The quantitative estimate of drug-likeness (QED) is 0.114. The van der Waals surface area contributed by atoms with Gasteiger partial charge < -0.3 is 4.90 Å². The third kappa shape index (κ3) is 6.18. The Morgan fingerprint density at radius 3 is 1.33 bits per heavy atom. The number of fused-ring (bicyclic) bond motifs is 8. The SMILES string of the molecule is c1ccc(-c2ccc(N(c3ccc4c(c3)c3ccccc3c3c(-c5ccccc5)cc(-c5ccccc5)c(-c5ccccc5)c43)c3ccc4c5cccc6cccc(c7cccc3c74)c65)cc2)cc1. The van der Waals surface area contributed by atoms with Crippen LogP contribution < -0.4 is 4.90 Å². The molecular weight excluding hydrogens is 831 g/mol. The monoisotopic (exact) mass is 873 g/mol. The zero-order chi connectivity index (χ0) is 45.4. The number of hydrogen-bond acceptors (Lipinski definition) is 1. The van der Waals surface area contributed by atoms with E-state index in [4.69, 9.17) is 0 Å². The number of nitrogens with zero attached hydrogens (tertiary/aromatic N) is 1. The predicted molar refractivity (Wildman–Crippen MR) is 297 cm³/mol. The summed E-state index contributed by atoms with van der Waals surface area (Å²) in [4.78, 5) is 2.49. The zero-order valence-electron chi connectivity index (χ0n) is 37.8. The van der Waals surface area contributed by atoms with Gasteiger partial charge in [0.05, 0.1) is 5.69 Å². The van der Waals surface area contributed by atoms with Crippen molar-refractivity contribution in [2.45, 2.75) is 0 Å². The van der Waals surface area contributed by atoms with Crippen LogP contribution in [0.5, 0.6) is 0 Å². The standard InChI is InChI=1S/C68H43N/c1-5-18-44(19-6-1)45-34-36-50(37-35-45)69(63-41-40-57-55-31-16-27-48-26-15-30-54(64(48)55)56-32-17-33-59(63)66(56)57)51-38-39-58-62(42-51)52-28-13-14-29-53(52)67-61(47-22-9-3-10-23-47)43-60(46-20-7-2-8-21-46)65(68(58)67)49-24-11-4-12-25-49/h1-43H. The van der Waals surface area contributed by atoms with E-state index in [-0.39, 0.29) is 0 Å². The summed E-state index contributed by atoms with van der Waals surface area (Å²) in [6.45, 7) is 0. The van der Waals surface area contributed by atoms with Crippen LogP contribution in [0.25, 0.3) is 120 Å². The molecule has 0 unspecified atom stereocenters. The summed E-state index contributed by atoms with van der Waals surface area (Å²) in [5, 5.41) is 17.7. The van der Waals surface area contributed by atoms with E-state index in [1.54, 1.807) is 0 Å². The van der Waals surface area contributed by atoms with E-state index in [9.17, 15) is 0 Å². The van der Waals surface area contributed by atoms with Gasteiger partial charge in [-0.3, -0.25) is 0 Å². The van der Waals surface area contributed by atoms with Crippen LogP contribution in [0.2, 0.25) is 0 Å². The molecule has 0 atom stereocenters. The van der Waals surface area contributed by atoms with Gasteiger partial charge in [-0.1, -0.05) is 224 Å². The van der Waals surface area contributed by atoms with Gasteiger partial charge in [0.25, 0.3) is 0 Å². The predicted octanol–water partition coefficient (Wildman–Crippen LogP) is 19.3. The summed E-state index contributed by atoms with van der Waals surface area (Å²) in [6, 6.07) is 96.5. The summed E-state index contributed by atoms with van der Waals surface area (Å²) < 4.78 is 0. The molecule has 0 heterocycles. The van der Waals surface area contributed by atoms with Crippen LogP contribution in [0, 0.1) is 0 Å². The Kier molecular flexibility index (Phi) is 8.97. The Bertz CT molecular complexity index is 4210. The highest BCUT2D eigenvalue weighted by atomic mass is 15.1. The van der Waals surface area contributed by atoms with Crippen LogP contribution in [-0.4, -0.2) is 0 Å². The minimum Gasteiger partial charge on any atom is -0.310 e. The first-order valence-corrected chi connectivity index (χ1v) is 23.9. The van der Waals surface area contributed by atoms with Crippen molar-refractivity contribution in [3.8, 4) is 44.5 Å². The van der Waals surface area contributed by atoms with Crippen molar-refractivity contribution in [2.24, 2.45) is 0 Å². The second-order valence-electron chi connectivity index (χ2n) is 18.3. The molecule has 1 nitrogen and oxygen atoms in total. The van der Waals surface area contributed by atoms with Gasteiger partial charge in [-0.15, -0.1) is 0 Å². The molecule has 14 rings (SSSR count). The topological polar surface area (TPSA) is 3.24 Å². The normalized spacial score (nSPS) is 11.8. The first kappa shape index (κ1) is 39.2. The van der Waals surface area contributed by atoms with E-state index in [0.29, 0.717) is 0 Å². The lowest BCUT2D eigenvalue weighted by molar-refractivity contribution is 1.31. The maximum Gasteiger partial charge on any atom is 0.0540 e. The van der Waals surface area contributed by atoms with Gasteiger partial charge in [-0.05, 0) is 151 Å². The summed E-state index contributed by atoms with van der Waals surface area (Å²) in [5.41, 5.74) is 13.0. The third-order valence-electron chi connectivity index (χ3n) is 14.6. The molecule has 0 aromatic heterocycles. The molecule has 0 amide bonds. The molecule has 0 bridgehead atoms. The minimum atomic E-state index is 1.10. The van der Waals surface area contributed by atoms with E-state index in [1.807, 2.05) is 0 Å². The fraction of sp³-hybridized carbons (Fsp3) is 0. The van der Waals surface area contributed by atoms with Crippen molar-refractivity contribution >= 4 is 92.5 Å². The molecule has 0 aliphatic carbocycles. The van der Waals surface area contributed by atoms with Crippen molar-refractivity contribution in [1.82, 2.24) is 0 Å². The largest absolute Gasteiger partial charge is 0.310 e. The first-order chi connectivity index (χ1) is 34.3. The van der Waals surface area contributed by atoms with Gasteiger partial charge in [0, 0.05) is 16.8 Å². The van der Waals surface area contributed by atoms with Crippen molar-refractivity contribution in [1.29, 1.82) is 0 Å². The Hall–Kier alpha value is -9.04. The lowest BCUT2D eigenvalue weighted by Crippen LogP contribution is -2.11. The lowest BCUT2D eigenvalue weighted by Gasteiger charge is -2.29. The van der Waals surface area contributed by atoms with Crippen LogP contribution in [0.4, 0.5) is 17.1 Å². The molecule has 69 heavy (non-hydrogen) atoms. The van der Waals surface area contributed by atoms with E-state index in [2.05, 4.69) is 266 Å². The second kappa shape index (κ2) is 15.8. The molecule has 0 spiro atoms. The molecule has 0 saturated carbocycles. The minimum absolute atomic E-state index is 1.10. The number of hydrogen-bond donors (Lipinski definition) is 0. The molecule has 0 aliphatic rings. The molecular formula is C68H43N. The van der Waals surface area contributed by atoms with Crippen molar-refractivity contribution in [3.05, 3.63) is 261 Å². The Labute approximate surface area is 400 Å². The Morgan fingerprint density at radius 1 is 0.217 bits per heavy atom. The van der Waals surface area contributed by atoms with Crippen LogP contribution in [0.15, 0.2) is 261 Å². The van der Waals surface area contributed by atoms with Gasteiger partial charge in [0.2, 0.25) is 0 Å². The second-order valence-corrected chi connectivity index (χ2v) is 18.3. The van der Waals surface area contributed by atoms with Gasteiger partial charge in [-0.25, -0.2) is 0 Å². The van der Waals surface area contributed by atoms with Crippen molar-refractivity contribution in [3.63, 3.8) is 0 Å². The summed E-state index contributed by atoms with van der Waals surface area (Å²) in [6.07, 6.45) is 0. The molecule has 0 aliphatic heterocycles. The molecule has 14 aromatic rings. The van der Waals surface area contributed by atoms with Gasteiger partial charge in [0.1, 0.15) is 0 Å². The summed E-state index contributed by atoms with van der Waals surface area (Å²) in [7, 11) is 0. The fourth-order valence-electron chi connectivity index (χ4n) is 11.6. The van der Waals surface area contributed by atoms with Crippen molar-refractivity contribution in [2.75, 3.05) is 4.90 Å². The molecule has 1 heteroatoms. The maximum atomic E-state index is 2.49. The fourth-order valence-corrected chi connectivity index (χ4v) is 11.6. The highest BCUT2D eigenvalue weighted by molar-refractivity contribution is 6.35. The van der Waals surface area contributed by atoms with E-state index >= 15 is 0 Å². The van der Waals surface area contributed by atoms with Crippen LogP contribution in [-0.2, 0) is 0 Å². The molecule has 14 aromatic carbocycles. The number of benzene rings is 14. The summed E-state index contributed by atoms with van der Waals surface area (Å²) >= 11 is 0. The lowest BCUT2D eigenvalue weighted by atomic mass is 9.81. The third-order valence-corrected chi connectivity index (χ3v) is 14.6. The summed E-state index contributed by atoms with van der Waals surface area (Å²) in [5.74, 6) is 0. The van der Waals surface area contributed by atoms with Gasteiger partial charge in [-0.2, -0.15) is 0 Å². The van der Waals surface area contributed by atoms with Gasteiger partial charge in [0.15, 0.2) is 0 Å².